The predicted octanol–water partition coefficient (Wildman–Crippen LogP) is 3.26. The summed E-state index contributed by atoms with van der Waals surface area (Å²) in [4.78, 5) is 0.122. The number of sulfonamides is 1. The number of halogens is 2. The lowest BCUT2D eigenvalue weighted by Gasteiger charge is -2.20. The number of thiophene rings is 1. The van der Waals surface area contributed by atoms with Gasteiger partial charge in [-0.15, -0.1) is 11.3 Å². The van der Waals surface area contributed by atoms with Crippen LogP contribution in [0.4, 0.5) is 5.82 Å². The Bertz CT molecular complexity index is 713. The molecular weight excluding hydrogens is 392 g/mol. The van der Waals surface area contributed by atoms with Crippen LogP contribution in [-0.4, -0.2) is 27.4 Å². The molecule has 0 fully saturated rings. The maximum Gasteiger partial charge on any atom is 0.269 e. The van der Waals surface area contributed by atoms with Crippen LogP contribution in [0.15, 0.2) is 24.7 Å². The Balaban J connectivity index is 2.54. The van der Waals surface area contributed by atoms with Crippen molar-refractivity contribution >= 4 is 54.7 Å². The van der Waals surface area contributed by atoms with E-state index in [4.69, 9.17) is 20.9 Å². The van der Waals surface area contributed by atoms with Crippen molar-refractivity contribution in [3.8, 4) is 0 Å². The van der Waals surface area contributed by atoms with Crippen molar-refractivity contribution in [2.75, 3.05) is 18.1 Å². The quantitative estimate of drug-likeness (QED) is 0.719. The number of hydrogen-bond acceptors (Lipinski definition) is 6. The molecule has 10 heteroatoms. The molecule has 0 atom stereocenters. The summed E-state index contributed by atoms with van der Waals surface area (Å²) in [5.41, 5.74) is 0. The third kappa shape index (κ3) is 2.73. The highest BCUT2D eigenvalue weighted by molar-refractivity contribution is 9.11. The minimum absolute atomic E-state index is 0.00381. The first-order valence-electron chi connectivity index (χ1n) is 5.26. The summed E-state index contributed by atoms with van der Waals surface area (Å²) < 4.78 is 36.6. The maximum absolute atomic E-state index is 12.6. The first-order valence-corrected chi connectivity index (χ1v) is 8.75. The van der Waals surface area contributed by atoms with Crippen LogP contribution in [0.1, 0.15) is 5.76 Å². The molecule has 0 bridgehead atoms. The van der Waals surface area contributed by atoms with Crippen molar-refractivity contribution in [1.29, 1.82) is 0 Å². The number of anilines is 1. The van der Waals surface area contributed by atoms with Gasteiger partial charge in [0.05, 0.1) is 3.79 Å². The third-order valence-corrected chi connectivity index (χ3v) is 6.68. The fourth-order valence-electron chi connectivity index (χ4n) is 1.45. The Morgan fingerprint density at radius 3 is 2.75 bits per heavy atom. The topological polar surface area (TPSA) is 72.6 Å². The summed E-state index contributed by atoms with van der Waals surface area (Å²) in [6, 6.07) is 1.49. The Hall–Kier alpha value is -0.610. The second-order valence-corrected chi connectivity index (χ2v) is 8.15. The van der Waals surface area contributed by atoms with Gasteiger partial charge in [0.1, 0.15) is 16.6 Å². The average molecular weight is 402 g/mol. The van der Waals surface area contributed by atoms with E-state index in [9.17, 15) is 8.42 Å². The van der Waals surface area contributed by atoms with Gasteiger partial charge in [-0.3, -0.25) is 0 Å². The lowest BCUT2D eigenvalue weighted by molar-refractivity contribution is 0.208. The van der Waals surface area contributed by atoms with Crippen LogP contribution in [0, 0.1) is 6.92 Å². The minimum atomic E-state index is -3.85. The highest BCUT2D eigenvalue weighted by Crippen LogP contribution is 2.35. The Kier molecular flexibility index (Phi) is 4.75. The molecule has 2 heterocycles. The fourth-order valence-corrected chi connectivity index (χ4v) is 5.07. The van der Waals surface area contributed by atoms with Crippen molar-refractivity contribution in [2.45, 2.75) is 11.8 Å². The zero-order chi connectivity index (χ0) is 14.9. The molecule has 0 saturated carbocycles. The van der Waals surface area contributed by atoms with E-state index < -0.39 is 10.0 Å². The normalized spacial score (nSPS) is 11.8. The fraction of sp³-hybridized carbons (Fsp3) is 0.300. The largest absolute Gasteiger partial charge is 0.363 e. The van der Waals surface area contributed by atoms with E-state index in [0.717, 1.165) is 4.31 Å². The number of aromatic nitrogens is 1. The van der Waals surface area contributed by atoms with Gasteiger partial charge in [-0.05, 0) is 34.3 Å². The zero-order valence-corrected chi connectivity index (χ0v) is 14.4. The molecule has 0 N–H and O–H groups in total. The van der Waals surface area contributed by atoms with Crippen molar-refractivity contribution in [3.63, 3.8) is 0 Å². The number of nitrogens with zero attached hydrogens (tertiary/aromatic N) is 2. The number of rotatable bonds is 5. The predicted molar refractivity (Wildman–Crippen MR) is 79.8 cm³/mol. The van der Waals surface area contributed by atoms with Crippen LogP contribution in [0.3, 0.4) is 0 Å². The molecule has 2 rings (SSSR count). The molecule has 20 heavy (non-hydrogen) atoms. The maximum atomic E-state index is 12.6. The second-order valence-electron chi connectivity index (χ2n) is 3.71. The molecule has 6 nitrogen and oxygen atoms in total. The summed E-state index contributed by atoms with van der Waals surface area (Å²) in [6.07, 6.45) is 0. The highest BCUT2D eigenvalue weighted by atomic mass is 79.9. The van der Waals surface area contributed by atoms with E-state index in [1.54, 1.807) is 12.3 Å². The Labute approximate surface area is 133 Å². The van der Waals surface area contributed by atoms with Gasteiger partial charge in [0.15, 0.2) is 5.76 Å². The lowest BCUT2D eigenvalue weighted by atomic mass is 10.5. The van der Waals surface area contributed by atoms with Gasteiger partial charge in [-0.1, -0.05) is 16.8 Å². The lowest BCUT2D eigenvalue weighted by Crippen LogP contribution is -2.33. The number of methoxy groups -OCH3 is 1. The molecule has 0 radical (unpaired) electrons. The van der Waals surface area contributed by atoms with Crippen LogP contribution in [-0.2, 0) is 14.8 Å². The van der Waals surface area contributed by atoms with Crippen molar-refractivity contribution in [2.24, 2.45) is 0 Å². The molecule has 0 aliphatic heterocycles. The van der Waals surface area contributed by atoms with Crippen LogP contribution >= 0.6 is 38.9 Å². The summed E-state index contributed by atoms with van der Waals surface area (Å²) in [5, 5.41) is 5.49. The van der Waals surface area contributed by atoms with Crippen LogP contribution < -0.4 is 4.31 Å². The number of aryl methyl sites for hydroxylation is 1. The van der Waals surface area contributed by atoms with Crippen molar-refractivity contribution < 1.29 is 17.7 Å². The molecule has 2 aromatic rings. The van der Waals surface area contributed by atoms with E-state index in [2.05, 4.69) is 21.1 Å². The van der Waals surface area contributed by atoms with Gasteiger partial charge in [-0.25, -0.2) is 12.7 Å². The van der Waals surface area contributed by atoms with E-state index in [0.29, 0.717) is 9.55 Å². The standard InChI is InChI=1S/C10H10BrClN2O4S2/c1-6-8(12)10(13-18-6)14(5-17-2)20(15,16)7-3-4-19-9(7)11/h3-4H,5H2,1-2H3. The molecule has 0 aromatic carbocycles. The minimum Gasteiger partial charge on any atom is -0.363 e. The highest BCUT2D eigenvalue weighted by Gasteiger charge is 2.32. The molecule has 0 saturated heterocycles. The van der Waals surface area contributed by atoms with Crippen LogP contribution in [0.5, 0.6) is 0 Å². The molecule has 0 aliphatic carbocycles. The van der Waals surface area contributed by atoms with Gasteiger partial charge < -0.3 is 9.26 Å². The van der Waals surface area contributed by atoms with E-state index in [1.165, 1.54) is 24.5 Å². The zero-order valence-electron chi connectivity index (χ0n) is 10.5. The Morgan fingerprint density at radius 2 is 2.30 bits per heavy atom. The third-order valence-electron chi connectivity index (χ3n) is 2.41. The first kappa shape index (κ1) is 15.8. The van der Waals surface area contributed by atoms with Gasteiger partial charge in [-0.2, -0.15) is 0 Å². The molecule has 110 valence electrons. The summed E-state index contributed by atoms with van der Waals surface area (Å²) >= 11 is 10.5. The number of hydrogen-bond donors (Lipinski definition) is 0. The van der Waals surface area contributed by atoms with Gasteiger partial charge >= 0.3 is 0 Å². The SMILES string of the molecule is COCN(c1noc(C)c1Cl)S(=O)(=O)c1ccsc1Br. The van der Waals surface area contributed by atoms with Crippen LogP contribution in [0.2, 0.25) is 5.02 Å². The van der Waals surface area contributed by atoms with E-state index in [1.807, 2.05) is 0 Å². The van der Waals surface area contributed by atoms with Crippen LogP contribution in [0.25, 0.3) is 0 Å². The molecule has 0 aliphatic rings. The monoisotopic (exact) mass is 400 g/mol. The first-order chi connectivity index (χ1) is 9.39. The van der Waals surface area contributed by atoms with Crippen molar-refractivity contribution in [1.82, 2.24) is 5.16 Å². The summed E-state index contributed by atoms with van der Waals surface area (Å²) in [5.74, 6) is 0.339. The molecule has 0 amide bonds. The van der Waals surface area contributed by atoms with Gasteiger partial charge in [0, 0.05) is 7.11 Å². The van der Waals surface area contributed by atoms with E-state index in [-0.39, 0.29) is 22.5 Å². The van der Waals surface area contributed by atoms with Gasteiger partial charge in [0.2, 0.25) is 5.82 Å². The molecule has 0 unspecified atom stereocenters. The summed E-state index contributed by atoms with van der Waals surface area (Å²) in [6.45, 7) is 1.37. The second kappa shape index (κ2) is 6.02. The molecule has 2 aromatic heterocycles. The number of ether oxygens (including phenoxy) is 1. The van der Waals surface area contributed by atoms with Gasteiger partial charge in [0.25, 0.3) is 10.0 Å². The van der Waals surface area contributed by atoms with E-state index >= 15 is 0 Å². The molecular formula is C10H10BrClN2O4S2. The molecule has 0 spiro atoms. The van der Waals surface area contributed by atoms with Crippen molar-refractivity contribution in [3.05, 3.63) is 26.0 Å². The summed E-state index contributed by atoms with van der Waals surface area (Å²) in [7, 11) is -2.47. The smallest absolute Gasteiger partial charge is 0.269 e. The average Bonchev–Trinajstić information content (AvgIpc) is 2.95. The Morgan fingerprint density at radius 1 is 1.60 bits per heavy atom.